The van der Waals surface area contributed by atoms with Gasteiger partial charge in [-0.2, -0.15) is 0 Å². The molecule has 23 heavy (non-hydrogen) atoms. The minimum atomic E-state index is -3.51. The molecule has 0 radical (unpaired) electrons. The number of ether oxygens (including phenoxy) is 1. The van der Waals surface area contributed by atoms with Crippen molar-refractivity contribution in [1.29, 1.82) is 0 Å². The Morgan fingerprint density at radius 3 is 2.35 bits per heavy atom. The van der Waals surface area contributed by atoms with Crippen LogP contribution in [0.5, 0.6) is 0 Å². The Kier molecular flexibility index (Phi) is 6.18. The Morgan fingerprint density at radius 1 is 1.17 bits per heavy atom. The predicted octanol–water partition coefficient (Wildman–Crippen LogP) is 3.06. The monoisotopic (exact) mass is 339 g/mol. The Balaban J connectivity index is 2.07. The maximum absolute atomic E-state index is 12.6. The van der Waals surface area contributed by atoms with E-state index in [0.29, 0.717) is 24.6 Å². The molecule has 0 bridgehead atoms. The molecule has 1 aromatic rings. The van der Waals surface area contributed by atoms with Crippen LogP contribution in [0.15, 0.2) is 29.2 Å². The second-order valence-electron chi connectivity index (χ2n) is 6.03. The van der Waals surface area contributed by atoms with Crippen LogP contribution in [0.25, 0.3) is 0 Å². The summed E-state index contributed by atoms with van der Waals surface area (Å²) in [6.07, 6.45) is 5.82. The molecule has 0 amide bonds. The number of hydrogen-bond acceptors (Lipinski definition) is 4. The molecule has 0 unspecified atom stereocenters. The van der Waals surface area contributed by atoms with Gasteiger partial charge >= 0.3 is 5.97 Å². The highest BCUT2D eigenvalue weighted by molar-refractivity contribution is 7.89. The van der Waals surface area contributed by atoms with Crippen LogP contribution in [0.4, 0.5) is 0 Å². The van der Waals surface area contributed by atoms with Crippen molar-refractivity contribution in [2.45, 2.75) is 43.9 Å². The average Bonchev–Trinajstić information content (AvgIpc) is 2.56. The van der Waals surface area contributed by atoms with Gasteiger partial charge in [0.05, 0.1) is 17.1 Å². The summed E-state index contributed by atoms with van der Waals surface area (Å²) in [5.41, 5.74) is 0.362. The van der Waals surface area contributed by atoms with E-state index in [-0.39, 0.29) is 4.90 Å². The number of hydrogen-bond donors (Lipinski definition) is 0. The lowest BCUT2D eigenvalue weighted by Crippen LogP contribution is -2.32. The molecule has 0 saturated heterocycles. The van der Waals surface area contributed by atoms with Crippen molar-refractivity contribution in [3.05, 3.63) is 29.8 Å². The Labute approximate surface area is 138 Å². The van der Waals surface area contributed by atoms with E-state index in [2.05, 4.69) is 0 Å². The third kappa shape index (κ3) is 4.54. The van der Waals surface area contributed by atoms with E-state index >= 15 is 0 Å². The predicted molar refractivity (Wildman–Crippen MR) is 88.8 cm³/mol. The molecule has 1 aliphatic carbocycles. The Morgan fingerprint density at radius 2 is 1.78 bits per heavy atom. The maximum atomic E-state index is 12.6. The van der Waals surface area contributed by atoms with Gasteiger partial charge in [-0.05, 0) is 49.9 Å². The Hall–Kier alpha value is -1.40. The van der Waals surface area contributed by atoms with Crippen molar-refractivity contribution in [2.75, 3.05) is 20.2 Å². The first-order valence-electron chi connectivity index (χ1n) is 8.18. The number of nitrogens with zero attached hydrogens (tertiary/aromatic N) is 1. The molecule has 2 rings (SSSR count). The topological polar surface area (TPSA) is 63.7 Å². The fourth-order valence-corrected chi connectivity index (χ4v) is 4.24. The van der Waals surface area contributed by atoms with Crippen LogP contribution in [0.3, 0.4) is 0 Å². The summed E-state index contributed by atoms with van der Waals surface area (Å²) in [6, 6.07) is 5.94. The van der Waals surface area contributed by atoms with E-state index in [9.17, 15) is 13.2 Å². The summed E-state index contributed by atoms with van der Waals surface area (Å²) in [7, 11) is -1.88. The molecule has 0 aliphatic heterocycles. The van der Waals surface area contributed by atoms with Gasteiger partial charge in [0.2, 0.25) is 10.0 Å². The molecule has 0 N–H and O–H groups in total. The minimum absolute atomic E-state index is 0.212. The molecule has 0 aromatic heterocycles. The first-order chi connectivity index (χ1) is 10.9. The number of rotatable bonds is 6. The van der Waals surface area contributed by atoms with Crippen LogP contribution in [0.1, 0.15) is 49.4 Å². The fraction of sp³-hybridized carbons (Fsp3) is 0.588. The van der Waals surface area contributed by atoms with Crippen LogP contribution in [-0.4, -0.2) is 38.9 Å². The van der Waals surface area contributed by atoms with Crippen LogP contribution < -0.4 is 0 Å². The van der Waals surface area contributed by atoms with Crippen LogP contribution in [-0.2, 0) is 14.8 Å². The number of carbonyl (C=O) groups excluding carboxylic acids is 1. The highest BCUT2D eigenvalue weighted by Crippen LogP contribution is 2.26. The van der Waals surface area contributed by atoms with Crippen molar-refractivity contribution >= 4 is 16.0 Å². The van der Waals surface area contributed by atoms with Crippen LogP contribution >= 0.6 is 0 Å². The lowest BCUT2D eigenvalue weighted by atomic mass is 9.89. The highest BCUT2D eigenvalue weighted by Gasteiger charge is 2.25. The third-order valence-electron chi connectivity index (χ3n) is 4.31. The summed E-state index contributed by atoms with van der Waals surface area (Å²) >= 11 is 0. The summed E-state index contributed by atoms with van der Waals surface area (Å²) in [5.74, 6) is 0.00865. The molecule has 128 valence electrons. The second kappa shape index (κ2) is 7.93. The molecule has 1 saturated carbocycles. The zero-order valence-corrected chi connectivity index (χ0v) is 14.6. The van der Waals surface area contributed by atoms with Gasteiger partial charge in [0.15, 0.2) is 0 Å². The van der Waals surface area contributed by atoms with Crippen molar-refractivity contribution in [1.82, 2.24) is 4.31 Å². The normalized spacial score (nSPS) is 16.5. The lowest BCUT2D eigenvalue weighted by molar-refractivity contribution is 0.0526. The van der Waals surface area contributed by atoms with Crippen LogP contribution in [0.2, 0.25) is 0 Å². The zero-order chi connectivity index (χ0) is 16.9. The van der Waals surface area contributed by atoms with Crippen molar-refractivity contribution in [2.24, 2.45) is 5.92 Å². The van der Waals surface area contributed by atoms with E-state index in [0.717, 1.165) is 12.8 Å². The zero-order valence-electron chi connectivity index (χ0n) is 13.8. The largest absolute Gasteiger partial charge is 0.462 e. The maximum Gasteiger partial charge on any atom is 0.338 e. The van der Waals surface area contributed by atoms with Gasteiger partial charge in [0.25, 0.3) is 0 Å². The first-order valence-corrected chi connectivity index (χ1v) is 9.62. The molecule has 1 fully saturated rings. The van der Waals surface area contributed by atoms with Gasteiger partial charge in [0.1, 0.15) is 0 Å². The van der Waals surface area contributed by atoms with E-state index in [4.69, 9.17) is 4.74 Å². The molecule has 0 heterocycles. The minimum Gasteiger partial charge on any atom is -0.462 e. The van der Waals surface area contributed by atoms with Gasteiger partial charge in [-0.1, -0.05) is 19.3 Å². The van der Waals surface area contributed by atoms with Crippen LogP contribution in [0, 0.1) is 5.92 Å². The molecule has 0 spiro atoms. The van der Waals surface area contributed by atoms with E-state index in [1.807, 2.05) is 0 Å². The highest BCUT2D eigenvalue weighted by atomic mass is 32.2. The SMILES string of the molecule is CCOC(=O)c1ccc(S(=O)(=O)N(C)CC2CCCCC2)cc1. The summed E-state index contributed by atoms with van der Waals surface area (Å²) in [5, 5.41) is 0. The lowest BCUT2D eigenvalue weighted by Gasteiger charge is -2.26. The third-order valence-corrected chi connectivity index (χ3v) is 6.15. The fourth-order valence-electron chi connectivity index (χ4n) is 2.99. The summed E-state index contributed by atoms with van der Waals surface area (Å²) < 4.78 is 31.6. The standard InChI is InChI=1S/C17H25NO4S/c1-3-22-17(19)15-9-11-16(12-10-15)23(20,21)18(2)13-14-7-5-4-6-8-14/h9-12,14H,3-8,13H2,1-2H3. The first kappa shape index (κ1) is 17.9. The number of esters is 1. The molecule has 6 heteroatoms. The van der Waals surface area contributed by atoms with Crippen molar-refractivity contribution in [3.8, 4) is 0 Å². The number of benzene rings is 1. The quantitative estimate of drug-likeness (QED) is 0.747. The summed E-state index contributed by atoms with van der Waals surface area (Å²) in [6.45, 7) is 2.59. The van der Waals surface area contributed by atoms with Crippen molar-refractivity contribution < 1.29 is 17.9 Å². The van der Waals surface area contributed by atoms with Gasteiger partial charge in [-0.3, -0.25) is 0 Å². The van der Waals surface area contributed by atoms with Crippen molar-refractivity contribution in [3.63, 3.8) is 0 Å². The van der Waals surface area contributed by atoms with Gasteiger partial charge in [-0.25, -0.2) is 17.5 Å². The number of carbonyl (C=O) groups is 1. The van der Waals surface area contributed by atoms with E-state index in [1.54, 1.807) is 14.0 Å². The van der Waals surface area contributed by atoms with E-state index < -0.39 is 16.0 Å². The number of sulfonamides is 1. The summed E-state index contributed by atoms with van der Waals surface area (Å²) in [4.78, 5) is 11.8. The molecular formula is C17H25NO4S. The van der Waals surface area contributed by atoms with Gasteiger partial charge in [0, 0.05) is 13.6 Å². The van der Waals surface area contributed by atoms with E-state index in [1.165, 1.54) is 47.8 Å². The average molecular weight is 339 g/mol. The molecule has 1 aliphatic rings. The molecule has 5 nitrogen and oxygen atoms in total. The second-order valence-corrected chi connectivity index (χ2v) is 8.08. The molecule has 1 aromatic carbocycles. The smallest absolute Gasteiger partial charge is 0.338 e. The molecule has 0 atom stereocenters. The van der Waals surface area contributed by atoms with Gasteiger partial charge < -0.3 is 4.74 Å². The van der Waals surface area contributed by atoms with Gasteiger partial charge in [-0.15, -0.1) is 0 Å². The Bertz CT molecular complexity index is 618. The molecular weight excluding hydrogens is 314 g/mol.